The Morgan fingerprint density at radius 2 is 2.07 bits per heavy atom. The van der Waals surface area contributed by atoms with E-state index in [-0.39, 0.29) is 31.4 Å². The first kappa shape index (κ1) is 19.3. The molecular weight excluding hydrogens is 344 g/mol. The first-order chi connectivity index (χ1) is 13.0. The van der Waals surface area contributed by atoms with Gasteiger partial charge in [0.1, 0.15) is 0 Å². The number of ether oxygens (including phenoxy) is 1. The van der Waals surface area contributed by atoms with Crippen LogP contribution in [0.4, 0.5) is 0 Å². The molecule has 1 N–H and O–H groups in total. The van der Waals surface area contributed by atoms with Gasteiger partial charge < -0.3 is 14.7 Å². The summed E-state index contributed by atoms with van der Waals surface area (Å²) < 4.78 is 5.64. The van der Waals surface area contributed by atoms with Gasteiger partial charge in [0.05, 0.1) is 24.5 Å². The van der Waals surface area contributed by atoms with Crippen molar-refractivity contribution < 1.29 is 19.4 Å². The normalized spacial score (nSPS) is 16.6. The van der Waals surface area contributed by atoms with Crippen LogP contribution in [-0.2, 0) is 20.7 Å². The topological polar surface area (TPSA) is 79.7 Å². The number of nitrogens with zero attached hydrogens (tertiary/aromatic N) is 2. The first-order valence-corrected chi connectivity index (χ1v) is 9.41. The molecule has 1 aromatic carbocycles. The third-order valence-electron chi connectivity index (χ3n) is 5.21. The Hall–Kier alpha value is -2.47. The maximum absolute atomic E-state index is 13.0. The molecule has 144 valence electrons. The number of para-hydroxylation sites is 1. The largest absolute Gasteiger partial charge is 0.481 e. The van der Waals surface area contributed by atoms with E-state index >= 15 is 0 Å². The number of amides is 1. The molecule has 6 nitrogen and oxygen atoms in total. The predicted octanol–water partition coefficient (Wildman–Crippen LogP) is 2.88. The number of aliphatic carboxylic acids is 1. The van der Waals surface area contributed by atoms with E-state index in [9.17, 15) is 9.59 Å². The highest BCUT2D eigenvalue weighted by Gasteiger charge is 2.24. The van der Waals surface area contributed by atoms with E-state index < -0.39 is 5.97 Å². The van der Waals surface area contributed by atoms with E-state index in [1.54, 1.807) is 4.90 Å². The second kappa shape index (κ2) is 8.48. The number of carboxylic acid groups (broad SMARTS) is 1. The third-order valence-corrected chi connectivity index (χ3v) is 5.21. The molecule has 27 heavy (non-hydrogen) atoms. The number of aryl methyl sites for hydroxylation is 2. The molecule has 1 aliphatic rings. The summed E-state index contributed by atoms with van der Waals surface area (Å²) in [6.45, 7) is 5.29. The SMILES string of the molecule is Cc1nc2ccccc2c(C)c1CC(=O)N(CCC(=O)O)CC1CCCO1. The average Bonchev–Trinajstić information content (AvgIpc) is 3.15. The zero-order valence-corrected chi connectivity index (χ0v) is 15.9. The van der Waals surface area contributed by atoms with Gasteiger partial charge in [-0.3, -0.25) is 14.6 Å². The van der Waals surface area contributed by atoms with Crippen molar-refractivity contribution in [2.75, 3.05) is 19.7 Å². The highest BCUT2D eigenvalue weighted by molar-refractivity contribution is 5.86. The molecule has 0 spiro atoms. The summed E-state index contributed by atoms with van der Waals surface area (Å²) in [6, 6.07) is 7.90. The van der Waals surface area contributed by atoms with Gasteiger partial charge in [-0.15, -0.1) is 0 Å². The van der Waals surface area contributed by atoms with Gasteiger partial charge in [-0.05, 0) is 43.9 Å². The van der Waals surface area contributed by atoms with Crippen molar-refractivity contribution in [1.29, 1.82) is 0 Å². The molecule has 0 saturated carbocycles. The molecule has 0 bridgehead atoms. The highest BCUT2D eigenvalue weighted by atomic mass is 16.5. The molecular formula is C21H26N2O4. The summed E-state index contributed by atoms with van der Waals surface area (Å²) in [7, 11) is 0. The fraction of sp³-hybridized carbons (Fsp3) is 0.476. The highest BCUT2D eigenvalue weighted by Crippen LogP contribution is 2.24. The summed E-state index contributed by atoms with van der Waals surface area (Å²) >= 11 is 0. The lowest BCUT2D eigenvalue weighted by Crippen LogP contribution is -2.39. The Morgan fingerprint density at radius 1 is 1.30 bits per heavy atom. The minimum Gasteiger partial charge on any atom is -0.481 e. The van der Waals surface area contributed by atoms with Gasteiger partial charge >= 0.3 is 5.97 Å². The number of fused-ring (bicyclic) bond motifs is 1. The van der Waals surface area contributed by atoms with Crippen molar-refractivity contribution in [2.24, 2.45) is 0 Å². The number of benzene rings is 1. The molecule has 2 aromatic rings. The lowest BCUT2D eigenvalue weighted by molar-refractivity contribution is -0.139. The van der Waals surface area contributed by atoms with Crippen molar-refractivity contribution in [3.63, 3.8) is 0 Å². The van der Waals surface area contributed by atoms with E-state index in [1.165, 1.54) is 0 Å². The van der Waals surface area contributed by atoms with E-state index in [1.807, 2.05) is 38.1 Å². The van der Waals surface area contributed by atoms with Crippen molar-refractivity contribution in [3.8, 4) is 0 Å². The van der Waals surface area contributed by atoms with Gasteiger partial charge in [0.2, 0.25) is 5.91 Å². The van der Waals surface area contributed by atoms with Crippen LogP contribution >= 0.6 is 0 Å². The van der Waals surface area contributed by atoms with E-state index in [0.29, 0.717) is 13.2 Å². The number of hydrogen-bond donors (Lipinski definition) is 1. The van der Waals surface area contributed by atoms with Crippen LogP contribution in [0.25, 0.3) is 10.9 Å². The van der Waals surface area contributed by atoms with E-state index in [0.717, 1.165) is 40.6 Å². The molecule has 2 heterocycles. The Kier molecular flexibility index (Phi) is 6.06. The zero-order chi connectivity index (χ0) is 19.4. The number of aromatic nitrogens is 1. The quantitative estimate of drug-likeness (QED) is 0.811. The molecule has 1 atom stereocenters. The van der Waals surface area contributed by atoms with Crippen molar-refractivity contribution in [2.45, 2.75) is 45.6 Å². The van der Waals surface area contributed by atoms with Crippen LogP contribution in [0.1, 0.15) is 36.1 Å². The number of carboxylic acids is 1. The predicted molar refractivity (Wildman–Crippen MR) is 103 cm³/mol. The lowest BCUT2D eigenvalue weighted by atomic mass is 9.99. The van der Waals surface area contributed by atoms with Gasteiger partial charge in [-0.25, -0.2) is 0 Å². The number of carbonyl (C=O) groups is 2. The Labute approximate surface area is 159 Å². The molecule has 0 aliphatic carbocycles. The van der Waals surface area contributed by atoms with E-state index in [2.05, 4.69) is 4.98 Å². The van der Waals surface area contributed by atoms with Crippen molar-refractivity contribution in [1.82, 2.24) is 9.88 Å². The number of rotatable bonds is 7. The third kappa shape index (κ3) is 4.63. The Bertz CT molecular complexity index is 843. The number of hydrogen-bond acceptors (Lipinski definition) is 4. The molecule has 3 rings (SSSR count). The second-order valence-corrected chi connectivity index (χ2v) is 7.11. The van der Waals surface area contributed by atoms with Crippen molar-refractivity contribution >= 4 is 22.8 Å². The first-order valence-electron chi connectivity index (χ1n) is 9.41. The minimum absolute atomic E-state index is 0.000308. The molecule has 6 heteroatoms. The van der Waals surface area contributed by atoms with Gasteiger partial charge in [-0.1, -0.05) is 18.2 Å². The van der Waals surface area contributed by atoms with Crippen LogP contribution < -0.4 is 0 Å². The van der Waals surface area contributed by atoms with Crippen LogP contribution in [0.3, 0.4) is 0 Å². The van der Waals surface area contributed by atoms with Crippen LogP contribution in [0, 0.1) is 13.8 Å². The lowest BCUT2D eigenvalue weighted by Gasteiger charge is -2.25. The molecule has 1 aliphatic heterocycles. The molecule has 1 fully saturated rings. The van der Waals surface area contributed by atoms with Gasteiger partial charge in [-0.2, -0.15) is 0 Å². The maximum atomic E-state index is 13.0. The Morgan fingerprint density at radius 3 is 2.78 bits per heavy atom. The summed E-state index contributed by atoms with van der Waals surface area (Å²) in [5.41, 5.74) is 3.74. The molecule has 1 aromatic heterocycles. The fourth-order valence-corrected chi connectivity index (χ4v) is 3.68. The molecule has 1 amide bonds. The number of pyridine rings is 1. The zero-order valence-electron chi connectivity index (χ0n) is 15.9. The monoisotopic (exact) mass is 370 g/mol. The van der Waals surface area contributed by atoms with Crippen LogP contribution in [0.2, 0.25) is 0 Å². The van der Waals surface area contributed by atoms with Crippen LogP contribution in [-0.4, -0.2) is 52.7 Å². The molecule has 1 unspecified atom stereocenters. The van der Waals surface area contributed by atoms with Crippen LogP contribution in [0.15, 0.2) is 24.3 Å². The molecule has 1 saturated heterocycles. The standard InChI is InChI=1S/C21H26N2O4/c1-14-17-7-3-4-8-19(17)22-15(2)18(14)12-20(24)23(10-9-21(25)26)13-16-6-5-11-27-16/h3-4,7-8,16H,5-6,9-13H2,1-2H3,(H,25,26). The molecule has 0 radical (unpaired) electrons. The summed E-state index contributed by atoms with van der Waals surface area (Å²) in [5.74, 6) is -0.977. The van der Waals surface area contributed by atoms with Gasteiger partial charge in [0, 0.05) is 30.8 Å². The summed E-state index contributed by atoms with van der Waals surface area (Å²) in [4.78, 5) is 30.3. The fourth-order valence-electron chi connectivity index (χ4n) is 3.68. The van der Waals surface area contributed by atoms with Crippen molar-refractivity contribution in [3.05, 3.63) is 41.1 Å². The average molecular weight is 370 g/mol. The van der Waals surface area contributed by atoms with Crippen LogP contribution in [0.5, 0.6) is 0 Å². The van der Waals surface area contributed by atoms with Gasteiger partial charge in [0.25, 0.3) is 0 Å². The maximum Gasteiger partial charge on any atom is 0.305 e. The Balaban J connectivity index is 1.81. The number of carbonyl (C=O) groups excluding carboxylic acids is 1. The second-order valence-electron chi connectivity index (χ2n) is 7.11. The van der Waals surface area contributed by atoms with E-state index in [4.69, 9.17) is 9.84 Å². The smallest absolute Gasteiger partial charge is 0.305 e. The minimum atomic E-state index is -0.903. The summed E-state index contributed by atoms with van der Waals surface area (Å²) in [5, 5.41) is 10.1. The summed E-state index contributed by atoms with van der Waals surface area (Å²) in [6.07, 6.45) is 2.05. The van der Waals surface area contributed by atoms with Gasteiger partial charge in [0.15, 0.2) is 0 Å².